The smallest absolute Gasteiger partial charge is 0.230 e. The Morgan fingerprint density at radius 3 is 2.74 bits per heavy atom. The normalized spacial score (nSPS) is 12.4. The molecule has 0 unspecified atom stereocenters. The molecule has 0 spiro atoms. The highest BCUT2D eigenvalue weighted by Gasteiger charge is 2.15. The number of aliphatic imine (C=N–C) groups is 1. The molecule has 9 heteroatoms. The summed E-state index contributed by atoms with van der Waals surface area (Å²) in [4.78, 5) is 21.9. The Morgan fingerprint density at radius 1 is 1.11 bits per heavy atom. The van der Waals surface area contributed by atoms with Gasteiger partial charge in [-0.3, -0.25) is 14.8 Å². The Kier molecular flexibility index (Phi) is 6.60. The van der Waals surface area contributed by atoms with E-state index in [1.807, 2.05) is 48.7 Å². The zero-order valence-electron chi connectivity index (χ0n) is 18.3. The van der Waals surface area contributed by atoms with Crippen molar-refractivity contribution in [2.24, 2.45) is 4.99 Å². The van der Waals surface area contributed by atoms with E-state index in [0.717, 1.165) is 32.8 Å². The summed E-state index contributed by atoms with van der Waals surface area (Å²) < 4.78 is 21.6. The fraction of sp³-hybridized carbons (Fsp3) is 0.0769. The lowest BCUT2D eigenvalue weighted by Gasteiger charge is -2.12. The van der Waals surface area contributed by atoms with Crippen molar-refractivity contribution in [3.63, 3.8) is 0 Å². The molecule has 1 aliphatic rings. The molecule has 2 aromatic heterocycles. The molecule has 6 nitrogen and oxygen atoms in total. The van der Waals surface area contributed by atoms with Crippen molar-refractivity contribution in [1.29, 1.82) is 0 Å². The number of pyridine rings is 1. The van der Waals surface area contributed by atoms with Crippen molar-refractivity contribution in [3.8, 4) is 11.5 Å². The number of nitrogens with one attached hydrogen (secondary N) is 2. The summed E-state index contributed by atoms with van der Waals surface area (Å²) in [5, 5.41) is 5.52. The molecule has 5 rings (SSSR count). The summed E-state index contributed by atoms with van der Waals surface area (Å²) in [6, 6.07) is 17.4. The van der Waals surface area contributed by atoms with E-state index in [9.17, 15) is 9.18 Å². The van der Waals surface area contributed by atoms with E-state index in [1.54, 1.807) is 18.3 Å². The molecule has 2 N–H and O–H groups in total. The molecule has 35 heavy (non-hydrogen) atoms. The van der Waals surface area contributed by atoms with E-state index < -0.39 is 5.82 Å². The van der Waals surface area contributed by atoms with Crippen molar-refractivity contribution in [2.75, 3.05) is 5.32 Å². The molecule has 1 amide bonds. The van der Waals surface area contributed by atoms with Gasteiger partial charge < -0.3 is 15.4 Å². The second kappa shape index (κ2) is 10.1. The number of thiocarbonyl (C=S) groups is 1. The predicted molar refractivity (Wildman–Crippen MR) is 142 cm³/mol. The summed E-state index contributed by atoms with van der Waals surface area (Å²) >= 11 is 6.70. The van der Waals surface area contributed by atoms with Gasteiger partial charge in [0, 0.05) is 36.7 Å². The number of aromatic nitrogens is 1. The third-order valence-electron chi connectivity index (χ3n) is 5.15. The molecule has 0 saturated heterocycles. The number of carbonyl (C=O) groups excluding carboxylic acids is 1. The quantitative estimate of drug-likeness (QED) is 0.312. The summed E-state index contributed by atoms with van der Waals surface area (Å²) in [5.74, 6) is -0.254. The van der Waals surface area contributed by atoms with E-state index in [2.05, 4.69) is 20.6 Å². The van der Waals surface area contributed by atoms with Crippen LogP contribution in [0.4, 0.5) is 10.1 Å². The van der Waals surface area contributed by atoms with Crippen LogP contribution in [-0.2, 0) is 11.2 Å². The number of hydrogen-bond acceptors (Lipinski definition) is 6. The van der Waals surface area contributed by atoms with Crippen LogP contribution in [-0.4, -0.2) is 22.2 Å². The summed E-state index contributed by atoms with van der Waals surface area (Å²) in [6.45, 7) is 0. The average Bonchev–Trinajstić information content (AvgIpc) is 3.51. The fourth-order valence-electron chi connectivity index (χ4n) is 3.55. The molecule has 0 atom stereocenters. The van der Waals surface area contributed by atoms with Gasteiger partial charge in [-0.2, -0.15) is 0 Å². The molecular weight excluding hydrogens is 483 g/mol. The maximum absolute atomic E-state index is 14.9. The van der Waals surface area contributed by atoms with Gasteiger partial charge in [-0.25, -0.2) is 4.39 Å². The highest BCUT2D eigenvalue weighted by molar-refractivity contribution is 7.80. The van der Waals surface area contributed by atoms with E-state index in [-0.39, 0.29) is 23.2 Å². The van der Waals surface area contributed by atoms with E-state index in [1.165, 1.54) is 23.5 Å². The number of amides is 1. The van der Waals surface area contributed by atoms with Crippen LogP contribution in [0.3, 0.4) is 0 Å². The minimum atomic E-state index is -0.571. The number of hydrogen-bond donors (Lipinski definition) is 2. The first-order valence-corrected chi connectivity index (χ1v) is 12.0. The number of carbonyl (C=O) groups is 1. The van der Waals surface area contributed by atoms with Crippen LogP contribution in [0.1, 0.15) is 16.9 Å². The number of benzene rings is 2. The van der Waals surface area contributed by atoms with Crippen LogP contribution in [0.2, 0.25) is 0 Å². The number of nitrogens with zero attached hydrogens (tertiary/aromatic N) is 2. The molecule has 174 valence electrons. The molecule has 0 aliphatic carbocycles. The van der Waals surface area contributed by atoms with Crippen LogP contribution >= 0.6 is 23.6 Å². The van der Waals surface area contributed by atoms with Crippen molar-refractivity contribution in [1.82, 2.24) is 10.3 Å². The Hall–Kier alpha value is -3.95. The van der Waals surface area contributed by atoms with Gasteiger partial charge in [0.05, 0.1) is 27.2 Å². The molecule has 3 heterocycles. The lowest BCUT2D eigenvalue weighted by Crippen LogP contribution is -2.35. The minimum Gasteiger partial charge on any atom is -0.453 e. The lowest BCUT2D eigenvalue weighted by molar-refractivity contribution is -0.119. The first-order chi connectivity index (χ1) is 17.0. The molecule has 2 aromatic carbocycles. The monoisotopic (exact) mass is 502 g/mol. The Bertz CT molecular complexity index is 1480. The topological polar surface area (TPSA) is 75.6 Å². The number of thiophene rings is 1. The standard InChI is InChI=1S/C26H19FN4O2S2/c27-18-14-17(30-26(34)31-24(32)13-16-5-2-1-3-6-16)8-9-21(18)33-22-10-12-29-20-15-23(35-25(20)22)19-7-4-11-28-19/h1-3,5-12,14-15H,4,13H2,(H2,30,31,32,34). The summed E-state index contributed by atoms with van der Waals surface area (Å²) in [7, 11) is 0. The first kappa shape index (κ1) is 22.8. The van der Waals surface area contributed by atoms with Gasteiger partial charge in [0.15, 0.2) is 16.7 Å². The molecule has 4 aromatic rings. The van der Waals surface area contributed by atoms with Crippen LogP contribution in [0.5, 0.6) is 11.5 Å². The molecule has 0 radical (unpaired) electrons. The number of ether oxygens (including phenoxy) is 1. The molecule has 1 aliphatic heterocycles. The molecular formula is C26H19FN4O2S2. The second-order valence-corrected chi connectivity index (χ2v) is 9.14. The Balaban J connectivity index is 1.25. The van der Waals surface area contributed by atoms with Crippen molar-refractivity contribution in [3.05, 3.63) is 89.2 Å². The maximum atomic E-state index is 14.9. The third-order valence-corrected chi connectivity index (χ3v) is 6.51. The fourth-order valence-corrected chi connectivity index (χ4v) is 4.84. The van der Waals surface area contributed by atoms with Gasteiger partial charge in [0.1, 0.15) is 5.75 Å². The molecule has 0 bridgehead atoms. The van der Waals surface area contributed by atoms with Gasteiger partial charge in [0.25, 0.3) is 0 Å². The Morgan fingerprint density at radius 2 is 1.97 bits per heavy atom. The van der Waals surface area contributed by atoms with Crippen LogP contribution in [0, 0.1) is 5.82 Å². The van der Waals surface area contributed by atoms with Gasteiger partial charge in [-0.05, 0) is 36.0 Å². The maximum Gasteiger partial charge on any atom is 0.230 e. The SMILES string of the molecule is O=C(Cc1ccccc1)NC(=S)Nc1ccc(Oc2ccnc3cc(C4=CCC=N4)sc23)c(F)c1. The lowest BCUT2D eigenvalue weighted by atomic mass is 10.1. The number of halogens is 1. The van der Waals surface area contributed by atoms with E-state index >= 15 is 0 Å². The van der Waals surface area contributed by atoms with Crippen LogP contribution in [0.15, 0.2) is 77.9 Å². The van der Waals surface area contributed by atoms with Gasteiger partial charge in [-0.1, -0.05) is 36.4 Å². The molecule has 0 saturated carbocycles. The highest BCUT2D eigenvalue weighted by Crippen LogP contribution is 2.39. The summed E-state index contributed by atoms with van der Waals surface area (Å²) in [5.41, 5.74) is 2.94. The predicted octanol–water partition coefficient (Wildman–Crippen LogP) is 6.10. The molecule has 0 fully saturated rings. The second-order valence-electron chi connectivity index (χ2n) is 7.68. The number of allylic oxidation sites excluding steroid dienone is 1. The van der Waals surface area contributed by atoms with E-state index in [4.69, 9.17) is 17.0 Å². The van der Waals surface area contributed by atoms with Crippen molar-refractivity contribution >= 4 is 62.4 Å². The minimum absolute atomic E-state index is 0.0649. The van der Waals surface area contributed by atoms with Crippen LogP contribution in [0.25, 0.3) is 15.9 Å². The summed E-state index contributed by atoms with van der Waals surface area (Å²) in [6.07, 6.45) is 6.54. The van der Waals surface area contributed by atoms with Gasteiger partial charge in [-0.15, -0.1) is 11.3 Å². The van der Waals surface area contributed by atoms with Crippen molar-refractivity contribution in [2.45, 2.75) is 12.8 Å². The highest BCUT2D eigenvalue weighted by atomic mass is 32.1. The van der Waals surface area contributed by atoms with Crippen LogP contribution < -0.4 is 15.4 Å². The van der Waals surface area contributed by atoms with Crippen molar-refractivity contribution < 1.29 is 13.9 Å². The zero-order valence-corrected chi connectivity index (χ0v) is 20.0. The zero-order chi connectivity index (χ0) is 24.2. The average molecular weight is 503 g/mol. The Labute approximate surface area is 210 Å². The van der Waals surface area contributed by atoms with E-state index in [0.29, 0.717) is 11.4 Å². The number of rotatable bonds is 6. The largest absolute Gasteiger partial charge is 0.453 e. The van der Waals surface area contributed by atoms with Gasteiger partial charge in [0.2, 0.25) is 5.91 Å². The number of fused-ring (bicyclic) bond motifs is 1. The third kappa shape index (κ3) is 5.42. The number of anilines is 1. The first-order valence-electron chi connectivity index (χ1n) is 10.8. The van der Waals surface area contributed by atoms with Gasteiger partial charge >= 0.3 is 0 Å².